The zero-order chi connectivity index (χ0) is 37.9. The lowest BCUT2D eigenvalue weighted by Crippen LogP contribution is -2.60. The van der Waals surface area contributed by atoms with Gasteiger partial charge in [0.05, 0.1) is 11.8 Å². The van der Waals surface area contributed by atoms with E-state index in [1.165, 1.54) is 24.3 Å². The van der Waals surface area contributed by atoms with Gasteiger partial charge in [0.1, 0.15) is 17.2 Å². The Morgan fingerprint density at radius 1 is 0.736 bits per heavy atom. The lowest BCUT2D eigenvalue weighted by atomic mass is 9.56. The molecule has 3 fully saturated rings. The molecular weight excluding hydrogens is 746 g/mol. The Kier molecular flexibility index (Phi) is 7.94. The Bertz CT molecular complexity index is 2330. The molecule has 4 aromatic carbocycles. The highest BCUT2D eigenvalue weighted by Gasteiger charge is 2.77. The molecule has 15 heteroatoms. The predicted octanol–water partition coefficient (Wildman–Crippen LogP) is 6.75. The normalized spacial score (nSPS) is 28.0. The average Bonchev–Trinajstić information content (AvgIpc) is 3.47. The number of benzene rings is 4. The highest BCUT2D eigenvalue weighted by Crippen LogP contribution is 2.66. The SMILES string of the molecule is O=C1C2CC=C3C(CC4(Cl)C(=O)N(c5c(F)c(F)c(F)c(F)c5F)C(=O)C4(Cl)C3c3ccc(O)c4ccccc34)C2C(=O)N1CCc1ccc(O)cc1. The highest BCUT2D eigenvalue weighted by molar-refractivity contribution is 6.58. The van der Waals surface area contributed by atoms with Crippen molar-refractivity contribution in [2.75, 3.05) is 11.4 Å². The molecule has 1 saturated carbocycles. The van der Waals surface area contributed by atoms with Gasteiger partial charge in [-0.3, -0.25) is 24.1 Å². The number of likely N-dealkylation sites (tertiary alicyclic amines) is 1. The minimum atomic E-state index is -2.69. The Labute approximate surface area is 307 Å². The van der Waals surface area contributed by atoms with Crippen molar-refractivity contribution in [3.63, 3.8) is 0 Å². The molecule has 8 rings (SSSR count). The number of allylic oxidation sites excluding steroid dienone is 2. The number of halogens is 7. The summed E-state index contributed by atoms with van der Waals surface area (Å²) in [5.41, 5.74) is -0.629. The van der Waals surface area contributed by atoms with Crippen LogP contribution in [0.3, 0.4) is 0 Å². The second kappa shape index (κ2) is 12.0. The van der Waals surface area contributed by atoms with Crippen molar-refractivity contribution in [3.05, 3.63) is 113 Å². The van der Waals surface area contributed by atoms with Gasteiger partial charge >= 0.3 is 0 Å². The molecule has 4 aliphatic rings. The van der Waals surface area contributed by atoms with Crippen LogP contribution >= 0.6 is 23.2 Å². The van der Waals surface area contributed by atoms with E-state index in [0.29, 0.717) is 11.0 Å². The van der Waals surface area contributed by atoms with E-state index in [9.17, 15) is 42.6 Å². The number of anilines is 1. The molecule has 0 radical (unpaired) electrons. The number of amides is 4. The molecule has 2 aliphatic carbocycles. The number of carbonyl (C=O) groups is 4. The fraction of sp³-hybridized carbons (Fsp3) is 0.263. The fourth-order valence-corrected chi connectivity index (χ4v) is 9.59. The van der Waals surface area contributed by atoms with Crippen molar-refractivity contribution in [3.8, 4) is 11.5 Å². The maximum absolute atomic E-state index is 15.3. The van der Waals surface area contributed by atoms with Crippen LogP contribution in [0.4, 0.5) is 27.6 Å². The van der Waals surface area contributed by atoms with Crippen molar-refractivity contribution < 1.29 is 51.3 Å². The van der Waals surface area contributed by atoms with Gasteiger partial charge in [-0.15, -0.1) is 23.2 Å². The van der Waals surface area contributed by atoms with Crippen LogP contribution in [-0.4, -0.2) is 55.0 Å². The van der Waals surface area contributed by atoms with E-state index in [4.69, 9.17) is 23.2 Å². The van der Waals surface area contributed by atoms with Crippen LogP contribution < -0.4 is 4.90 Å². The lowest BCUT2D eigenvalue weighted by molar-refractivity contribution is -0.140. The largest absolute Gasteiger partial charge is 0.508 e. The summed E-state index contributed by atoms with van der Waals surface area (Å²) in [5.74, 6) is -21.3. The number of rotatable bonds is 5. The first-order valence-electron chi connectivity index (χ1n) is 16.4. The molecule has 0 aromatic heterocycles. The summed E-state index contributed by atoms with van der Waals surface area (Å²) in [6.07, 6.45) is 1.23. The van der Waals surface area contributed by atoms with Gasteiger partial charge in [-0.2, -0.15) is 0 Å². The summed E-state index contributed by atoms with van der Waals surface area (Å²) in [6, 6.07) is 15.3. The van der Waals surface area contributed by atoms with Gasteiger partial charge in [-0.05, 0) is 59.9 Å². The molecule has 4 amide bonds. The number of phenolic OH excluding ortho intramolecular Hbond substituents is 2. The first kappa shape index (κ1) is 35.0. The van der Waals surface area contributed by atoms with E-state index >= 15 is 8.78 Å². The Hall–Kier alpha value is -5.01. The zero-order valence-corrected chi connectivity index (χ0v) is 28.6. The summed E-state index contributed by atoms with van der Waals surface area (Å²) in [4.78, 5) is 52.6. The van der Waals surface area contributed by atoms with Crippen molar-refractivity contribution in [1.29, 1.82) is 0 Å². The van der Waals surface area contributed by atoms with Crippen molar-refractivity contribution >= 4 is 63.3 Å². The van der Waals surface area contributed by atoms with Gasteiger partial charge < -0.3 is 10.2 Å². The van der Waals surface area contributed by atoms with E-state index in [1.54, 1.807) is 42.5 Å². The molecule has 6 unspecified atom stereocenters. The minimum Gasteiger partial charge on any atom is -0.508 e. The van der Waals surface area contributed by atoms with Gasteiger partial charge in [0.15, 0.2) is 33.0 Å². The summed E-state index contributed by atoms with van der Waals surface area (Å²) in [5, 5.41) is 21.0. The van der Waals surface area contributed by atoms with E-state index in [2.05, 4.69) is 0 Å². The summed E-state index contributed by atoms with van der Waals surface area (Å²) < 4.78 is 73.8. The van der Waals surface area contributed by atoms with Crippen molar-refractivity contribution in [2.45, 2.75) is 34.9 Å². The third-order valence-electron chi connectivity index (χ3n) is 11.1. The molecule has 2 N–H and O–H groups in total. The van der Waals surface area contributed by atoms with Gasteiger partial charge in [-0.1, -0.05) is 54.1 Å². The average molecular weight is 772 g/mol. The topological polar surface area (TPSA) is 115 Å². The first-order chi connectivity index (χ1) is 25.1. The second-order valence-electron chi connectivity index (χ2n) is 13.7. The van der Waals surface area contributed by atoms with Gasteiger partial charge in [0, 0.05) is 17.8 Å². The number of fused-ring (bicyclic) bond motifs is 5. The number of hydrogen-bond acceptors (Lipinski definition) is 6. The predicted molar refractivity (Wildman–Crippen MR) is 181 cm³/mol. The van der Waals surface area contributed by atoms with Crippen LogP contribution in [0.15, 0.2) is 72.3 Å². The third kappa shape index (κ3) is 4.65. The number of hydrogen-bond donors (Lipinski definition) is 2. The van der Waals surface area contributed by atoms with E-state index in [1.807, 2.05) is 0 Å². The number of imide groups is 2. The van der Waals surface area contributed by atoms with E-state index in [-0.39, 0.29) is 46.7 Å². The molecular formula is C38H25Cl2F5N2O6. The molecule has 272 valence electrons. The highest BCUT2D eigenvalue weighted by atomic mass is 35.5. The molecule has 6 atom stereocenters. The smallest absolute Gasteiger partial charge is 0.258 e. The fourth-order valence-electron chi connectivity index (χ4n) is 8.66. The standard InChI is InChI=1S/C38H25Cl2F5N2O6/c39-37-15-23-21(9-10-22-25(23)34(51)46(33(22)50)14-13-16-5-7-17(48)8-6-16)26(20-11-12-24(49)19-4-2-1-3-18(19)20)38(37,40)36(53)47(35(37)52)32-30(44)28(42)27(41)29(43)31(32)45/h1-9,11-12,22-23,25-26,48-49H,10,13-15H2. The van der Waals surface area contributed by atoms with Crippen LogP contribution in [-0.2, 0) is 25.6 Å². The minimum absolute atomic E-state index is 0.00492. The first-order valence-corrected chi connectivity index (χ1v) is 17.2. The molecule has 53 heavy (non-hydrogen) atoms. The van der Waals surface area contributed by atoms with E-state index < -0.39 is 98.2 Å². The maximum Gasteiger partial charge on any atom is 0.258 e. The van der Waals surface area contributed by atoms with Gasteiger partial charge in [-0.25, -0.2) is 26.9 Å². The van der Waals surface area contributed by atoms with Crippen molar-refractivity contribution in [1.82, 2.24) is 4.90 Å². The summed E-state index contributed by atoms with van der Waals surface area (Å²) >= 11 is 14.5. The molecule has 0 bridgehead atoms. The molecule has 2 aliphatic heterocycles. The van der Waals surface area contributed by atoms with Crippen LogP contribution in [0, 0.1) is 46.8 Å². The number of alkyl halides is 2. The zero-order valence-electron chi connectivity index (χ0n) is 27.1. The molecule has 0 spiro atoms. The van der Waals surface area contributed by atoms with Crippen LogP contribution in [0.1, 0.15) is 29.9 Å². The van der Waals surface area contributed by atoms with Gasteiger partial charge in [0.2, 0.25) is 17.6 Å². The monoisotopic (exact) mass is 770 g/mol. The summed E-state index contributed by atoms with van der Waals surface area (Å²) in [6.45, 7) is -0.0274. The second-order valence-corrected chi connectivity index (χ2v) is 14.9. The number of aromatic hydroxyl groups is 2. The van der Waals surface area contributed by atoms with Crippen LogP contribution in [0.2, 0.25) is 0 Å². The molecule has 4 aromatic rings. The maximum atomic E-state index is 15.3. The number of nitrogens with zero attached hydrogens (tertiary/aromatic N) is 2. The third-order valence-corrected chi connectivity index (χ3v) is 12.5. The number of carbonyl (C=O) groups excluding carboxylic acids is 4. The van der Waals surface area contributed by atoms with Crippen LogP contribution in [0.25, 0.3) is 10.8 Å². The Morgan fingerprint density at radius 3 is 2.02 bits per heavy atom. The van der Waals surface area contributed by atoms with Gasteiger partial charge in [0.25, 0.3) is 11.8 Å². The summed E-state index contributed by atoms with van der Waals surface area (Å²) in [7, 11) is 0. The lowest BCUT2D eigenvalue weighted by Gasteiger charge is -2.51. The Balaban J connectivity index is 1.30. The molecule has 2 saturated heterocycles. The van der Waals surface area contributed by atoms with Crippen molar-refractivity contribution in [2.24, 2.45) is 17.8 Å². The number of phenols is 2. The molecule has 8 nitrogen and oxygen atoms in total. The quantitative estimate of drug-likeness (QED) is 0.0580. The van der Waals surface area contributed by atoms with E-state index in [0.717, 1.165) is 10.5 Å². The van der Waals surface area contributed by atoms with Crippen LogP contribution in [0.5, 0.6) is 11.5 Å². The Morgan fingerprint density at radius 2 is 1.36 bits per heavy atom. The molecule has 2 heterocycles.